The van der Waals surface area contributed by atoms with E-state index in [9.17, 15) is 4.79 Å². The number of carbonyl (C=O) groups excluding carboxylic acids is 1. The number of hydrogen-bond donors (Lipinski definition) is 3. The van der Waals surface area contributed by atoms with Crippen LogP contribution in [0.15, 0.2) is 40.0 Å². The lowest BCUT2D eigenvalue weighted by Gasteiger charge is -2.15. The summed E-state index contributed by atoms with van der Waals surface area (Å²) in [7, 11) is 1.54. The Balaban J connectivity index is 1.87. The number of para-hydroxylation sites is 2. The Morgan fingerprint density at radius 1 is 1.42 bits per heavy atom. The summed E-state index contributed by atoms with van der Waals surface area (Å²) in [4.78, 5) is 20.0. The highest BCUT2D eigenvalue weighted by Crippen LogP contribution is 2.28. The van der Waals surface area contributed by atoms with Crippen LogP contribution >= 0.6 is 23.1 Å². The van der Waals surface area contributed by atoms with Crippen LogP contribution in [0, 0.1) is 10.9 Å². The third-order valence-electron chi connectivity index (χ3n) is 3.38. The van der Waals surface area contributed by atoms with Crippen LogP contribution in [0.25, 0.3) is 11.0 Å². The summed E-state index contributed by atoms with van der Waals surface area (Å²) >= 11 is 2.79. The molecule has 0 saturated carbocycles. The van der Waals surface area contributed by atoms with Gasteiger partial charge in [-0.25, -0.2) is 15.0 Å². The van der Waals surface area contributed by atoms with Gasteiger partial charge in [-0.3, -0.25) is 14.8 Å². The molecule has 3 aromatic rings. The monoisotopic (exact) mass is 388 g/mol. The van der Waals surface area contributed by atoms with Gasteiger partial charge in [-0.05, 0) is 12.1 Å². The maximum Gasteiger partial charge on any atom is 0.226 e. The highest BCUT2D eigenvalue weighted by Gasteiger charge is 2.18. The maximum absolute atomic E-state index is 11.1. The van der Waals surface area contributed by atoms with Crippen molar-refractivity contribution >= 4 is 51.1 Å². The van der Waals surface area contributed by atoms with Crippen molar-refractivity contribution in [3.05, 3.63) is 35.3 Å². The van der Waals surface area contributed by atoms with Crippen LogP contribution in [0.1, 0.15) is 12.6 Å². The molecule has 0 radical (unpaired) electrons. The number of rotatable bonds is 5. The summed E-state index contributed by atoms with van der Waals surface area (Å²) in [5.74, 6) is 0.415. The smallest absolute Gasteiger partial charge is 0.226 e. The van der Waals surface area contributed by atoms with E-state index in [0.29, 0.717) is 16.0 Å². The van der Waals surface area contributed by atoms with Crippen molar-refractivity contribution in [2.24, 2.45) is 5.22 Å². The topological polar surface area (TPSA) is 123 Å². The van der Waals surface area contributed by atoms with Gasteiger partial charge in [-0.2, -0.15) is 5.53 Å². The molecule has 1 amide bonds. The number of aromatic nitrogens is 3. The first-order valence-corrected chi connectivity index (χ1v) is 9.38. The second-order valence-corrected chi connectivity index (χ2v) is 7.08. The number of thioether (sulfide) groups is 1. The van der Waals surface area contributed by atoms with Gasteiger partial charge in [0, 0.05) is 25.1 Å². The second-order valence-electron chi connectivity index (χ2n) is 5.28. The fraction of sp³-hybridized carbons (Fsp3) is 0.200. The largest absolute Gasteiger partial charge is 0.302 e. The molecule has 26 heavy (non-hydrogen) atoms. The van der Waals surface area contributed by atoms with Gasteiger partial charge in [-0.15, -0.1) is 11.3 Å². The van der Waals surface area contributed by atoms with E-state index in [2.05, 4.69) is 20.5 Å². The Bertz CT molecular complexity index is 979. The van der Waals surface area contributed by atoms with E-state index in [1.807, 2.05) is 29.6 Å². The molecule has 0 spiro atoms. The highest BCUT2D eigenvalue weighted by atomic mass is 32.2. The Hall–Kier alpha value is -2.79. The summed E-state index contributed by atoms with van der Waals surface area (Å²) in [6.07, 6.45) is 0. The molecule has 11 heteroatoms. The standard InChI is InChI=1S/C15H16N8OS2/c1-9(24)18-14-19-10(7-25-14)8-26-15-20-11-5-3-4-6-12(11)23(15)13(16)22(2)21-17/h3-7,16-17H,8H2,1-2H3,(H,18,19,24). The zero-order chi connectivity index (χ0) is 18.7. The number of nitrogens with zero attached hydrogens (tertiary/aromatic N) is 5. The number of imidazole rings is 1. The van der Waals surface area contributed by atoms with E-state index in [1.165, 1.54) is 30.0 Å². The van der Waals surface area contributed by atoms with Gasteiger partial charge in [0.1, 0.15) is 0 Å². The van der Waals surface area contributed by atoms with Crippen LogP contribution < -0.4 is 5.32 Å². The van der Waals surface area contributed by atoms with Crippen molar-refractivity contribution in [2.75, 3.05) is 12.4 Å². The first-order chi connectivity index (χ1) is 12.5. The van der Waals surface area contributed by atoms with E-state index >= 15 is 0 Å². The maximum atomic E-state index is 11.1. The van der Waals surface area contributed by atoms with E-state index in [4.69, 9.17) is 10.9 Å². The van der Waals surface area contributed by atoms with Gasteiger partial charge in [0.05, 0.1) is 16.7 Å². The molecule has 0 atom stereocenters. The zero-order valence-corrected chi connectivity index (χ0v) is 15.7. The minimum Gasteiger partial charge on any atom is -0.302 e. The lowest BCUT2D eigenvalue weighted by Crippen LogP contribution is -2.27. The molecule has 3 rings (SSSR count). The number of benzene rings is 1. The van der Waals surface area contributed by atoms with Crippen LogP contribution in [0.2, 0.25) is 0 Å². The second kappa shape index (κ2) is 7.62. The molecule has 134 valence electrons. The number of amides is 1. The highest BCUT2D eigenvalue weighted by molar-refractivity contribution is 7.98. The number of nitrogens with one attached hydrogen (secondary N) is 3. The average Bonchev–Trinajstić information content (AvgIpc) is 3.21. The van der Waals surface area contributed by atoms with Crippen molar-refractivity contribution < 1.29 is 4.79 Å². The van der Waals surface area contributed by atoms with Gasteiger partial charge in [-0.1, -0.05) is 29.1 Å². The molecule has 0 unspecified atom stereocenters. The lowest BCUT2D eigenvalue weighted by atomic mass is 10.3. The number of hydrogen-bond acceptors (Lipinski definition) is 8. The van der Waals surface area contributed by atoms with Crippen LogP contribution in [-0.2, 0) is 10.5 Å². The van der Waals surface area contributed by atoms with Gasteiger partial charge in [0.25, 0.3) is 0 Å². The van der Waals surface area contributed by atoms with Crippen LogP contribution in [0.4, 0.5) is 5.13 Å². The molecule has 2 heterocycles. The summed E-state index contributed by atoms with van der Waals surface area (Å²) in [5, 5.41) is 18.5. The fourth-order valence-electron chi connectivity index (χ4n) is 2.22. The molecule has 0 bridgehead atoms. The third kappa shape index (κ3) is 3.73. The molecule has 0 aliphatic rings. The lowest BCUT2D eigenvalue weighted by molar-refractivity contribution is -0.114. The summed E-state index contributed by atoms with van der Waals surface area (Å²) in [6, 6.07) is 7.51. The van der Waals surface area contributed by atoms with Crippen molar-refractivity contribution in [3.8, 4) is 0 Å². The average molecular weight is 388 g/mol. The van der Waals surface area contributed by atoms with Gasteiger partial charge >= 0.3 is 0 Å². The number of anilines is 1. The van der Waals surface area contributed by atoms with Gasteiger partial charge in [0.2, 0.25) is 11.9 Å². The van der Waals surface area contributed by atoms with Crippen LogP contribution in [-0.4, -0.2) is 38.5 Å². The Morgan fingerprint density at radius 3 is 2.92 bits per heavy atom. The van der Waals surface area contributed by atoms with Crippen molar-refractivity contribution in [1.82, 2.24) is 19.5 Å². The quantitative estimate of drug-likeness (QED) is 0.203. The van der Waals surface area contributed by atoms with E-state index in [0.717, 1.165) is 21.7 Å². The first-order valence-electron chi connectivity index (χ1n) is 7.52. The predicted molar refractivity (Wildman–Crippen MR) is 102 cm³/mol. The number of fused-ring (bicyclic) bond motifs is 1. The van der Waals surface area contributed by atoms with Crippen molar-refractivity contribution in [3.63, 3.8) is 0 Å². The predicted octanol–water partition coefficient (Wildman–Crippen LogP) is 3.40. The fourth-order valence-corrected chi connectivity index (χ4v) is 3.98. The third-order valence-corrected chi connectivity index (χ3v) is 5.16. The zero-order valence-electron chi connectivity index (χ0n) is 14.1. The van der Waals surface area contributed by atoms with Gasteiger partial charge in [0.15, 0.2) is 10.3 Å². The molecule has 1 aromatic carbocycles. The molecule has 0 aliphatic carbocycles. The Labute approximate surface area is 157 Å². The molecule has 0 aliphatic heterocycles. The van der Waals surface area contributed by atoms with Crippen molar-refractivity contribution in [1.29, 1.82) is 10.9 Å². The SMILES string of the molecule is CC(=O)Nc1nc(CSc2nc3ccccc3n2C(=N)N(C)N=N)cs1. The normalized spacial score (nSPS) is 10.7. The summed E-state index contributed by atoms with van der Waals surface area (Å²) in [5.41, 5.74) is 9.48. The van der Waals surface area contributed by atoms with E-state index in [-0.39, 0.29) is 11.9 Å². The summed E-state index contributed by atoms with van der Waals surface area (Å²) in [6.45, 7) is 1.44. The van der Waals surface area contributed by atoms with E-state index < -0.39 is 0 Å². The molecule has 9 nitrogen and oxygen atoms in total. The molecule has 3 N–H and O–H groups in total. The minimum atomic E-state index is -0.157. The minimum absolute atomic E-state index is 0.0356. The molecule has 0 saturated heterocycles. The molecular weight excluding hydrogens is 372 g/mol. The molecular formula is C15H16N8OS2. The number of thiazole rings is 1. The Morgan fingerprint density at radius 2 is 2.19 bits per heavy atom. The van der Waals surface area contributed by atoms with E-state index in [1.54, 1.807) is 11.6 Å². The number of carbonyl (C=O) groups is 1. The first kappa shape index (κ1) is 18.0. The van der Waals surface area contributed by atoms with Crippen LogP contribution in [0.3, 0.4) is 0 Å². The van der Waals surface area contributed by atoms with Crippen molar-refractivity contribution in [2.45, 2.75) is 17.8 Å². The Kier molecular flexibility index (Phi) is 5.28. The molecule has 0 fully saturated rings. The van der Waals surface area contributed by atoms with Crippen LogP contribution in [0.5, 0.6) is 0 Å². The van der Waals surface area contributed by atoms with Gasteiger partial charge < -0.3 is 5.32 Å². The molecule has 2 aromatic heterocycles. The summed E-state index contributed by atoms with van der Waals surface area (Å²) < 4.78 is 1.65.